The van der Waals surface area contributed by atoms with Crippen LogP contribution in [0.25, 0.3) is 0 Å². The van der Waals surface area contributed by atoms with Gasteiger partial charge in [0.2, 0.25) is 0 Å². The molecule has 2 aliphatic heterocycles. The maximum absolute atomic E-state index is 11.6. The minimum absolute atomic E-state index is 0.00335. The van der Waals surface area contributed by atoms with Crippen molar-refractivity contribution in [3.8, 4) is 0 Å². The Morgan fingerprint density at radius 2 is 2.14 bits per heavy atom. The first-order valence-electron chi connectivity index (χ1n) is 7.88. The maximum atomic E-state index is 11.6. The van der Waals surface area contributed by atoms with Crippen molar-refractivity contribution in [2.75, 3.05) is 29.9 Å². The van der Waals surface area contributed by atoms with Crippen LogP contribution in [-0.2, 0) is 0 Å². The fourth-order valence-corrected chi connectivity index (χ4v) is 3.18. The Kier molecular flexibility index (Phi) is 4.29. The predicted octanol–water partition coefficient (Wildman–Crippen LogP) is 2.16. The van der Waals surface area contributed by atoms with Gasteiger partial charge in [-0.2, -0.15) is 0 Å². The largest absolute Gasteiger partial charge is 0.383 e. The van der Waals surface area contributed by atoms with E-state index in [1.54, 1.807) is 4.90 Å². The second kappa shape index (κ2) is 6.35. The third-order valence-electron chi connectivity index (χ3n) is 4.25. The van der Waals surface area contributed by atoms with E-state index in [0.717, 1.165) is 37.4 Å². The molecule has 0 bridgehead atoms. The molecule has 21 heavy (non-hydrogen) atoms. The minimum Gasteiger partial charge on any atom is -0.383 e. The lowest BCUT2D eigenvalue weighted by molar-refractivity contribution is 0.252. The van der Waals surface area contributed by atoms with Gasteiger partial charge < -0.3 is 16.0 Å². The van der Waals surface area contributed by atoms with E-state index in [9.17, 15) is 4.79 Å². The topological polar surface area (TPSA) is 56.4 Å². The molecule has 5 nitrogen and oxygen atoms in total. The third kappa shape index (κ3) is 3.47. The van der Waals surface area contributed by atoms with Crippen LogP contribution in [0.3, 0.4) is 0 Å². The zero-order valence-electron chi connectivity index (χ0n) is 12.6. The molecule has 1 aromatic rings. The van der Waals surface area contributed by atoms with Crippen molar-refractivity contribution in [1.29, 1.82) is 0 Å². The van der Waals surface area contributed by atoms with Crippen molar-refractivity contribution in [2.45, 2.75) is 38.3 Å². The summed E-state index contributed by atoms with van der Waals surface area (Å²) in [5.74, 6) is 0. The molecule has 2 unspecified atom stereocenters. The second-order valence-electron chi connectivity index (χ2n) is 6.00. The van der Waals surface area contributed by atoms with Gasteiger partial charge in [0, 0.05) is 36.5 Å². The van der Waals surface area contributed by atoms with Crippen LogP contribution in [0.15, 0.2) is 24.3 Å². The molecule has 2 fully saturated rings. The van der Waals surface area contributed by atoms with Crippen LogP contribution in [0, 0.1) is 0 Å². The molecule has 114 valence electrons. The molecule has 0 radical (unpaired) electrons. The summed E-state index contributed by atoms with van der Waals surface area (Å²) in [6, 6.07) is 9.22. The van der Waals surface area contributed by atoms with E-state index in [1.165, 1.54) is 12.8 Å². The number of carbonyl (C=O) groups is 1. The molecule has 5 heteroatoms. The molecular formula is C16H24N4O. The Morgan fingerprint density at radius 3 is 2.76 bits per heavy atom. The molecule has 3 N–H and O–H groups in total. The lowest BCUT2D eigenvalue weighted by Crippen LogP contribution is -2.29. The number of nitrogens with zero attached hydrogens (tertiary/aromatic N) is 1. The highest BCUT2D eigenvalue weighted by Gasteiger charge is 2.21. The third-order valence-corrected chi connectivity index (χ3v) is 4.25. The summed E-state index contributed by atoms with van der Waals surface area (Å²) in [6.45, 7) is 4.85. The summed E-state index contributed by atoms with van der Waals surface area (Å²) in [7, 11) is 0. The average Bonchev–Trinajstić information content (AvgIpc) is 3.11. The van der Waals surface area contributed by atoms with Crippen molar-refractivity contribution in [2.24, 2.45) is 0 Å². The van der Waals surface area contributed by atoms with E-state index < -0.39 is 0 Å². The molecule has 2 amide bonds. The first-order chi connectivity index (χ1) is 10.2. The number of rotatable bonds is 5. The monoisotopic (exact) mass is 288 g/mol. The summed E-state index contributed by atoms with van der Waals surface area (Å²) in [5, 5.41) is 9.89. The molecule has 2 saturated heterocycles. The van der Waals surface area contributed by atoms with Crippen LogP contribution < -0.4 is 20.9 Å². The van der Waals surface area contributed by atoms with Crippen molar-refractivity contribution >= 4 is 17.4 Å². The van der Waals surface area contributed by atoms with Gasteiger partial charge in [0.15, 0.2) is 0 Å². The Hall–Kier alpha value is -1.75. The molecule has 2 atom stereocenters. The van der Waals surface area contributed by atoms with Crippen molar-refractivity contribution in [3.05, 3.63) is 24.3 Å². The van der Waals surface area contributed by atoms with Gasteiger partial charge >= 0.3 is 6.03 Å². The first-order valence-corrected chi connectivity index (χ1v) is 7.88. The van der Waals surface area contributed by atoms with Gasteiger partial charge in [-0.25, -0.2) is 4.79 Å². The fourth-order valence-electron chi connectivity index (χ4n) is 3.18. The Balaban J connectivity index is 1.55. The van der Waals surface area contributed by atoms with Gasteiger partial charge in [-0.1, -0.05) is 0 Å². The second-order valence-corrected chi connectivity index (χ2v) is 6.00. The lowest BCUT2D eigenvalue weighted by Gasteiger charge is -2.20. The zero-order chi connectivity index (χ0) is 14.7. The highest BCUT2D eigenvalue weighted by atomic mass is 16.2. The smallest absolute Gasteiger partial charge is 0.321 e. The molecule has 0 aromatic heterocycles. The van der Waals surface area contributed by atoms with E-state index in [-0.39, 0.29) is 6.03 Å². The number of urea groups is 1. The van der Waals surface area contributed by atoms with E-state index in [2.05, 4.69) is 35.0 Å². The van der Waals surface area contributed by atoms with Gasteiger partial charge in [0.25, 0.3) is 0 Å². The van der Waals surface area contributed by atoms with Crippen LogP contribution in [0.1, 0.15) is 26.2 Å². The zero-order valence-corrected chi connectivity index (χ0v) is 12.6. The molecule has 2 heterocycles. The van der Waals surface area contributed by atoms with Crippen LogP contribution in [0.4, 0.5) is 16.2 Å². The van der Waals surface area contributed by atoms with Crippen molar-refractivity contribution < 1.29 is 4.79 Å². The average molecular weight is 288 g/mol. The van der Waals surface area contributed by atoms with E-state index in [4.69, 9.17) is 0 Å². The van der Waals surface area contributed by atoms with E-state index >= 15 is 0 Å². The van der Waals surface area contributed by atoms with Gasteiger partial charge in [0.1, 0.15) is 0 Å². The van der Waals surface area contributed by atoms with E-state index in [0.29, 0.717) is 12.1 Å². The number of anilines is 2. The number of hydrogen-bond acceptors (Lipinski definition) is 3. The summed E-state index contributed by atoms with van der Waals surface area (Å²) < 4.78 is 0. The summed E-state index contributed by atoms with van der Waals surface area (Å²) in [5.41, 5.74) is 2.07. The summed E-state index contributed by atoms with van der Waals surface area (Å²) >= 11 is 0. The van der Waals surface area contributed by atoms with Gasteiger partial charge in [0.05, 0.1) is 0 Å². The molecule has 0 spiro atoms. The first kappa shape index (κ1) is 14.2. The SMILES string of the molecule is CC(CC1CCCN1)Nc1ccc(N2CCNC2=O)cc1. The summed E-state index contributed by atoms with van der Waals surface area (Å²) in [4.78, 5) is 13.4. The molecule has 0 aliphatic carbocycles. The molecule has 3 rings (SSSR count). The molecule has 1 aromatic carbocycles. The molecular weight excluding hydrogens is 264 g/mol. The number of carbonyl (C=O) groups excluding carboxylic acids is 1. The molecule has 2 aliphatic rings. The van der Waals surface area contributed by atoms with E-state index in [1.807, 2.05) is 12.1 Å². The Bertz CT molecular complexity index is 482. The standard InChI is InChI=1S/C16H24N4O/c1-12(11-14-3-2-8-17-14)19-13-4-6-15(7-5-13)20-10-9-18-16(20)21/h4-7,12,14,17,19H,2-3,8-11H2,1H3,(H,18,21). The number of amides is 2. The van der Waals surface area contributed by atoms with Gasteiger partial charge in [-0.05, 0) is 57.0 Å². The van der Waals surface area contributed by atoms with Gasteiger partial charge in [-0.15, -0.1) is 0 Å². The lowest BCUT2D eigenvalue weighted by atomic mass is 10.1. The number of hydrogen-bond donors (Lipinski definition) is 3. The molecule has 0 saturated carbocycles. The van der Waals surface area contributed by atoms with Crippen LogP contribution >= 0.6 is 0 Å². The van der Waals surface area contributed by atoms with Gasteiger partial charge in [-0.3, -0.25) is 4.90 Å². The quantitative estimate of drug-likeness (QED) is 0.778. The number of benzene rings is 1. The van der Waals surface area contributed by atoms with Crippen LogP contribution in [-0.4, -0.2) is 37.7 Å². The minimum atomic E-state index is -0.00335. The predicted molar refractivity (Wildman–Crippen MR) is 85.9 cm³/mol. The Labute approximate surface area is 126 Å². The summed E-state index contributed by atoms with van der Waals surface area (Å²) in [6.07, 6.45) is 3.73. The van der Waals surface area contributed by atoms with Crippen molar-refractivity contribution in [1.82, 2.24) is 10.6 Å². The Morgan fingerprint density at radius 1 is 1.33 bits per heavy atom. The normalized spacial score (nSPS) is 23.2. The van der Waals surface area contributed by atoms with Crippen LogP contribution in [0.5, 0.6) is 0 Å². The maximum Gasteiger partial charge on any atom is 0.321 e. The number of nitrogens with one attached hydrogen (secondary N) is 3. The highest BCUT2D eigenvalue weighted by Crippen LogP contribution is 2.21. The highest BCUT2D eigenvalue weighted by molar-refractivity contribution is 5.94. The van der Waals surface area contributed by atoms with Crippen molar-refractivity contribution in [3.63, 3.8) is 0 Å². The van der Waals surface area contributed by atoms with Crippen LogP contribution in [0.2, 0.25) is 0 Å². The fraction of sp³-hybridized carbons (Fsp3) is 0.562.